The van der Waals surface area contributed by atoms with Crippen molar-refractivity contribution in [3.63, 3.8) is 0 Å². The smallest absolute Gasteiger partial charge is 0.234 e. The highest BCUT2D eigenvalue weighted by Gasteiger charge is 2.28. The molecule has 0 saturated carbocycles. The first-order valence-corrected chi connectivity index (χ1v) is 7.07. The number of rotatable bonds is 4. The zero-order valence-corrected chi connectivity index (χ0v) is 12.3. The Morgan fingerprint density at radius 1 is 1.24 bits per heavy atom. The van der Waals surface area contributed by atoms with Crippen LogP contribution in [-0.4, -0.2) is 39.8 Å². The highest BCUT2D eigenvalue weighted by atomic mass is 16.2. The van der Waals surface area contributed by atoms with Crippen molar-refractivity contribution in [2.24, 2.45) is 4.99 Å². The number of imide groups is 1. The molecule has 2 amide bonds. The van der Waals surface area contributed by atoms with E-state index in [1.54, 1.807) is 18.3 Å². The lowest BCUT2D eigenvalue weighted by Gasteiger charge is -2.13. The predicted octanol–water partition coefficient (Wildman–Crippen LogP) is 0.976. The monoisotopic (exact) mass is 289 g/mol. The first-order valence-electron chi connectivity index (χ1n) is 7.07. The minimum Gasteiger partial charge on any atom is -0.282 e. The van der Waals surface area contributed by atoms with Gasteiger partial charge in [0.1, 0.15) is 5.49 Å². The van der Waals surface area contributed by atoms with E-state index in [-0.39, 0.29) is 49.6 Å². The maximum Gasteiger partial charge on any atom is 0.234 e. The maximum atomic E-state index is 12.3. The van der Waals surface area contributed by atoms with Gasteiger partial charge in [-0.2, -0.15) is 0 Å². The summed E-state index contributed by atoms with van der Waals surface area (Å²) < 4.78 is 1.46. The van der Waals surface area contributed by atoms with Gasteiger partial charge in [-0.05, 0) is 26.0 Å². The summed E-state index contributed by atoms with van der Waals surface area (Å²) in [6.45, 7) is 4.01. The van der Waals surface area contributed by atoms with E-state index < -0.39 is 0 Å². The van der Waals surface area contributed by atoms with Gasteiger partial charge in [0.05, 0.1) is 0 Å². The lowest BCUT2D eigenvalue weighted by atomic mass is 10.3. The van der Waals surface area contributed by atoms with Crippen molar-refractivity contribution >= 4 is 17.7 Å². The number of amides is 2. The van der Waals surface area contributed by atoms with Gasteiger partial charge >= 0.3 is 0 Å². The number of likely N-dealkylation sites (tertiary alicyclic amines) is 1. The quantitative estimate of drug-likeness (QED) is 0.776. The summed E-state index contributed by atoms with van der Waals surface area (Å²) in [7, 11) is 0. The molecule has 0 atom stereocenters. The zero-order chi connectivity index (χ0) is 15.4. The lowest BCUT2D eigenvalue weighted by molar-refractivity contribution is -0.138. The molecule has 1 aromatic rings. The van der Waals surface area contributed by atoms with Gasteiger partial charge < -0.3 is 0 Å². The lowest BCUT2D eigenvalue weighted by Crippen LogP contribution is -2.34. The van der Waals surface area contributed by atoms with Crippen LogP contribution in [0.1, 0.15) is 37.9 Å². The molecule has 2 heterocycles. The minimum absolute atomic E-state index is 0.0770. The molecule has 0 aromatic carbocycles. The number of pyridine rings is 1. The molecule has 2 rings (SSSR count). The van der Waals surface area contributed by atoms with Crippen LogP contribution < -0.4 is 5.49 Å². The molecule has 0 radical (unpaired) electrons. The van der Waals surface area contributed by atoms with Gasteiger partial charge in [0.25, 0.3) is 0 Å². The number of carbonyl (C=O) groups is 3. The number of hydrogen-bond acceptors (Lipinski definition) is 4. The summed E-state index contributed by atoms with van der Waals surface area (Å²) in [5.41, 5.74) is 0.580. The normalized spacial score (nSPS) is 16.1. The van der Waals surface area contributed by atoms with Crippen molar-refractivity contribution < 1.29 is 14.4 Å². The Kier molecular flexibility index (Phi) is 4.67. The van der Waals surface area contributed by atoms with Crippen molar-refractivity contribution in [3.8, 4) is 0 Å². The van der Waals surface area contributed by atoms with Crippen molar-refractivity contribution in [2.45, 2.75) is 39.2 Å². The zero-order valence-electron chi connectivity index (χ0n) is 12.3. The minimum atomic E-state index is -0.196. The fourth-order valence-electron chi connectivity index (χ4n) is 2.21. The molecule has 0 unspecified atom stereocenters. The van der Waals surface area contributed by atoms with E-state index in [2.05, 4.69) is 4.99 Å². The van der Waals surface area contributed by atoms with Crippen LogP contribution in [0.4, 0.5) is 0 Å². The summed E-state index contributed by atoms with van der Waals surface area (Å²) in [6.07, 6.45) is 2.25. The summed E-state index contributed by atoms with van der Waals surface area (Å²) in [5, 5.41) is 0. The van der Waals surface area contributed by atoms with Crippen molar-refractivity contribution in [1.82, 2.24) is 9.47 Å². The molecule has 1 aromatic heterocycles. The molecule has 1 fully saturated rings. The SMILES string of the molecule is CC(C)N=c1ccccn1C(=O)CCN1C(=O)CCC1=O. The van der Waals surface area contributed by atoms with Gasteiger partial charge in [0, 0.05) is 38.0 Å². The fourth-order valence-corrected chi connectivity index (χ4v) is 2.21. The molecule has 6 nitrogen and oxygen atoms in total. The van der Waals surface area contributed by atoms with Crippen LogP contribution in [-0.2, 0) is 9.59 Å². The third-order valence-corrected chi connectivity index (χ3v) is 3.20. The Morgan fingerprint density at radius 2 is 1.90 bits per heavy atom. The average Bonchev–Trinajstić information content (AvgIpc) is 2.75. The molecule has 112 valence electrons. The van der Waals surface area contributed by atoms with Crippen LogP contribution >= 0.6 is 0 Å². The van der Waals surface area contributed by atoms with Gasteiger partial charge in [-0.3, -0.25) is 28.8 Å². The van der Waals surface area contributed by atoms with E-state index in [0.717, 1.165) is 0 Å². The Hall–Kier alpha value is -2.24. The Morgan fingerprint density at radius 3 is 2.52 bits per heavy atom. The topological polar surface area (TPSA) is 71.7 Å². The van der Waals surface area contributed by atoms with Gasteiger partial charge in [0.15, 0.2) is 0 Å². The molecule has 1 saturated heterocycles. The molecule has 0 N–H and O–H groups in total. The Bertz CT molecular complexity index is 615. The second-order valence-corrected chi connectivity index (χ2v) is 5.23. The van der Waals surface area contributed by atoms with E-state index >= 15 is 0 Å². The highest BCUT2D eigenvalue weighted by molar-refractivity contribution is 6.02. The average molecular weight is 289 g/mol. The largest absolute Gasteiger partial charge is 0.282 e. The summed E-state index contributed by atoms with van der Waals surface area (Å²) in [5.74, 6) is -0.571. The van der Waals surface area contributed by atoms with E-state index in [1.165, 1.54) is 9.47 Å². The summed E-state index contributed by atoms with van der Waals surface area (Å²) >= 11 is 0. The maximum absolute atomic E-state index is 12.3. The molecule has 0 aliphatic carbocycles. The van der Waals surface area contributed by atoms with Crippen LogP contribution in [0.2, 0.25) is 0 Å². The predicted molar refractivity (Wildman–Crippen MR) is 76.3 cm³/mol. The molecular weight excluding hydrogens is 270 g/mol. The summed E-state index contributed by atoms with van der Waals surface area (Å²) in [6, 6.07) is 5.42. The molecule has 0 spiro atoms. The summed E-state index contributed by atoms with van der Waals surface area (Å²) in [4.78, 5) is 40.9. The molecule has 1 aliphatic heterocycles. The number of aromatic nitrogens is 1. The van der Waals surface area contributed by atoms with Crippen molar-refractivity contribution in [1.29, 1.82) is 0 Å². The van der Waals surface area contributed by atoms with Crippen LogP contribution in [0.5, 0.6) is 0 Å². The molecular formula is C15H19N3O3. The third kappa shape index (κ3) is 3.65. The van der Waals surface area contributed by atoms with Crippen LogP contribution in [0.3, 0.4) is 0 Å². The second-order valence-electron chi connectivity index (χ2n) is 5.23. The van der Waals surface area contributed by atoms with Crippen LogP contribution in [0.15, 0.2) is 29.4 Å². The van der Waals surface area contributed by atoms with Crippen molar-refractivity contribution in [2.75, 3.05) is 6.54 Å². The van der Waals surface area contributed by atoms with E-state index in [9.17, 15) is 14.4 Å². The van der Waals surface area contributed by atoms with E-state index in [4.69, 9.17) is 0 Å². The van der Waals surface area contributed by atoms with Crippen LogP contribution in [0.25, 0.3) is 0 Å². The standard InChI is InChI=1S/C15H19N3O3/c1-11(2)16-12-5-3-4-9-17(12)15(21)8-10-18-13(19)6-7-14(18)20/h3-5,9,11H,6-8,10H2,1-2H3. The molecule has 6 heteroatoms. The van der Waals surface area contributed by atoms with Gasteiger partial charge in [-0.15, -0.1) is 0 Å². The molecule has 21 heavy (non-hydrogen) atoms. The van der Waals surface area contributed by atoms with Gasteiger partial charge in [-0.1, -0.05) is 6.07 Å². The number of carbonyl (C=O) groups excluding carboxylic acids is 3. The molecule has 0 bridgehead atoms. The highest BCUT2D eigenvalue weighted by Crippen LogP contribution is 2.11. The number of nitrogens with zero attached hydrogens (tertiary/aromatic N) is 3. The van der Waals surface area contributed by atoms with Gasteiger partial charge in [-0.25, -0.2) is 0 Å². The third-order valence-electron chi connectivity index (χ3n) is 3.20. The van der Waals surface area contributed by atoms with E-state index in [0.29, 0.717) is 5.49 Å². The van der Waals surface area contributed by atoms with E-state index in [1.807, 2.05) is 19.9 Å². The Balaban J connectivity index is 2.11. The van der Waals surface area contributed by atoms with Crippen molar-refractivity contribution in [3.05, 3.63) is 29.9 Å². The second kappa shape index (κ2) is 6.47. The fraction of sp³-hybridized carbons (Fsp3) is 0.467. The Labute approximate surface area is 123 Å². The first kappa shape index (κ1) is 15.2. The first-order chi connectivity index (χ1) is 9.99. The molecule has 1 aliphatic rings. The van der Waals surface area contributed by atoms with Gasteiger partial charge in [0.2, 0.25) is 17.7 Å². The number of hydrogen-bond donors (Lipinski definition) is 0. The van der Waals surface area contributed by atoms with Crippen LogP contribution in [0, 0.1) is 0 Å².